The number of carbonyl (C=O) groups is 1. The Bertz CT molecular complexity index is 408. The van der Waals surface area contributed by atoms with Gasteiger partial charge in [0.1, 0.15) is 6.10 Å². The van der Waals surface area contributed by atoms with Gasteiger partial charge in [0.25, 0.3) is 0 Å². The van der Waals surface area contributed by atoms with Crippen LogP contribution in [0, 0.1) is 23.7 Å². The lowest BCUT2D eigenvalue weighted by Crippen LogP contribution is -2.28. The standard InChI is InChI=1S/C19H31NO2/c1-13(20)10-14-4-2-6-17(7-3-5-14)22-19(21)18-12-15-8-9-16(18)11-15/h8-9,13-18H,2-7,10-12,20H2,1H3/t13-,14?,15?,16?,17?,18?/m1/s1. The number of fused-ring (bicyclic) bond motifs is 2. The van der Waals surface area contributed by atoms with Gasteiger partial charge in [-0.25, -0.2) is 0 Å². The lowest BCUT2D eigenvalue weighted by atomic mass is 9.86. The second-order valence-corrected chi connectivity index (χ2v) is 7.89. The van der Waals surface area contributed by atoms with Gasteiger partial charge < -0.3 is 10.5 Å². The number of nitrogens with two attached hydrogens (primary N) is 1. The van der Waals surface area contributed by atoms with Gasteiger partial charge in [-0.05, 0) is 69.6 Å². The van der Waals surface area contributed by atoms with E-state index in [0.717, 1.165) is 31.6 Å². The molecule has 0 aliphatic heterocycles. The number of hydrogen-bond acceptors (Lipinski definition) is 3. The first-order valence-electron chi connectivity index (χ1n) is 9.26. The van der Waals surface area contributed by atoms with Gasteiger partial charge in [-0.15, -0.1) is 0 Å². The Balaban J connectivity index is 1.44. The summed E-state index contributed by atoms with van der Waals surface area (Å²) < 4.78 is 5.88. The molecule has 0 aromatic rings. The molecule has 4 atom stereocenters. The topological polar surface area (TPSA) is 52.3 Å². The molecular formula is C19H31NO2. The van der Waals surface area contributed by atoms with Crippen molar-refractivity contribution in [1.82, 2.24) is 0 Å². The first kappa shape index (κ1) is 16.0. The molecule has 0 saturated heterocycles. The molecule has 0 aromatic carbocycles. The van der Waals surface area contributed by atoms with E-state index >= 15 is 0 Å². The Kier molecular flexibility index (Phi) is 5.22. The Morgan fingerprint density at radius 2 is 1.91 bits per heavy atom. The van der Waals surface area contributed by atoms with Crippen LogP contribution in [0.2, 0.25) is 0 Å². The van der Waals surface area contributed by atoms with Gasteiger partial charge in [-0.3, -0.25) is 4.79 Å². The van der Waals surface area contributed by atoms with E-state index in [2.05, 4.69) is 19.1 Å². The van der Waals surface area contributed by atoms with Crippen molar-refractivity contribution in [2.45, 2.75) is 76.9 Å². The lowest BCUT2D eigenvalue weighted by molar-refractivity contribution is -0.156. The predicted molar refractivity (Wildman–Crippen MR) is 88.2 cm³/mol. The van der Waals surface area contributed by atoms with Crippen molar-refractivity contribution in [2.75, 3.05) is 0 Å². The minimum absolute atomic E-state index is 0.0783. The second kappa shape index (κ2) is 7.16. The van der Waals surface area contributed by atoms with Gasteiger partial charge >= 0.3 is 5.97 Å². The van der Waals surface area contributed by atoms with E-state index in [1.165, 1.54) is 32.1 Å². The molecule has 2 bridgehead atoms. The van der Waals surface area contributed by atoms with Crippen LogP contribution in [0.25, 0.3) is 0 Å². The smallest absolute Gasteiger partial charge is 0.309 e. The molecule has 3 aliphatic rings. The summed E-state index contributed by atoms with van der Waals surface area (Å²) in [4.78, 5) is 12.4. The molecule has 0 spiro atoms. The van der Waals surface area contributed by atoms with Crippen molar-refractivity contribution in [3.8, 4) is 0 Å². The summed E-state index contributed by atoms with van der Waals surface area (Å²) in [6, 6.07) is 0.309. The van der Waals surface area contributed by atoms with Crippen molar-refractivity contribution < 1.29 is 9.53 Å². The number of hydrogen-bond donors (Lipinski definition) is 1. The molecule has 124 valence electrons. The van der Waals surface area contributed by atoms with E-state index in [0.29, 0.717) is 17.9 Å². The fourth-order valence-electron chi connectivity index (χ4n) is 4.74. The first-order valence-corrected chi connectivity index (χ1v) is 9.26. The van der Waals surface area contributed by atoms with Gasteiger partial charge in [-0.1, -0.05) is 25.0 Å². The van der Waals surface area contributed by atoms with Crippen LogP contribution in [-0.4, -0.2) is 18.1 Å². The zero-order valence-corrected chi connectivity index (χ0v) is 13.9. The molecule has 0 radical (unpaired) electrons. The molecule has 2 N–H and O–H groups in total. The van der Waals surface area contributed by atoms with Gasteiger partial charge in [0.15, 0.2) is 0 Å². The zero-order chi connectivity index (χ0) is 15.5. The molecule has 2 fully saturated rings. The lowest BCUT2D eigenvalue weighted by Gasteiger charge is -2.27. The average Bonchev–Trinajstić information content (AvgIpc) is 3.06. The SMILES string of the molecule is C[C@@H](N)CC1CCCC(OC(=O)C2CC3C=CC2C3)CCC1. The van der Waals surface area contributed by atoms with Crippen LogP contribution < -0.4 is 5.73 Å². The van der Waals surface area contributed by atoms with Crippen LogP contribution in [0.15, 0.2) is 12.2 Å². The molecule has 0 aromatic heterocycles. The van der Waals surface area contributed by atoms with Crippen molar-refractivity contribution in [1.29, 1.82) is 0 Å². The summed E-state index contributed by atoms with van der Waals surface area (Å²) in [5.41, 5.74) is 5.93. The van der Waals surface area contributed by atoms with E-state index in [-0.39, 0.29) is 18.0 Å². The number of esters is 1. The van der Waals surface area contributed by atoms with Crippen LogP contribution in [0.4, 0.5) is 0 Å². The largest absolute Gasteiger partial charge is 0.462 e. The molecule has 3 unspecified atom stereocenters. The number of carbonyl (C=O) groups excluding carboxylic acids is 1. The van der Waals surface area contributed by atoms with Gasteiger partial charge in [0.05, 0.1) is 5.92 Å². The highest BCUT2D eigenvalue weighted by molar-refractivity contribution is 5.74. The minimum Gasteiger partial charge on any atom is -0.462 e. The van der Waals surface area contributed by atoms with Crippen LogP contribution in [0.5, 0.6) is 0 Å². The highest BCUT2D eigenvalue weighted by Crippen LogP contribution is 2.44. The number of rotatable bonds is 4. The molecule has 0 amide bonds. The predicted octanol–water partition coefficient (Wildman–Crippen LogP) is 3.82. The van der Waals surface area contributed by atoms with Crippen LogP contribution >= 0.6 is 0 Å². The molecule has 22 heavy (non-hydrogen) atoms. The number of ether oxygens (including phenoxy) is 1. The zero-order valence-electron chi connectivity index (χ0n) is 13.9. The molecule has 3 rings (SSSR count). The maximum Gasteiger partial charge on any atom is 0.309 e. The Morgan fingerprint density at radius 3 is 2.45 bits per heavy atom. The summed E-state index contributed by atoms with van der Waals surface area (Å²) in [6.45, 7) is 2.10. The summed E-state index contributed by atoms with van der Waals surface area (Å²) in [5.74, 6) is 2.09. The van der Waals surface area contributed by atoms with Crippen LogP contribution in [0.3, 0.4) is 0 Å². The second-order valence-electron chi connectivity index (χ2n) is 7.89. The summed E-state index contributed by atoms with van der Waals surface area (Å²) in [7, 11) is 0. The highest BCUT2D eigenvalue weighted by atomic mass is 16.5. The number of allylic oxidation sites excluding steroid dienone is 2. The Morgan fingerprint density at radius 1 is 1.18 bits per heavy atom. The fraction of sp³-hybridized carbons (Fsp3) is 0.842. The normalized spacial score (nSPS) is 39.3. The van der Waals surface area contributed by atoms with Crippen molar-refractivity contribution in [2.24, 2.45) is 29.4 Å². The molecule has 3 nitrogen and oxygen atoms in total. The fourth-order valence-corrected chi connectivity index (χ4v) is 4.74. The third-order valence-electron chi connectivity index (χ3n) is 5.85. The van der Waals surface area contributed by atoms with Crippen molar-refractivity contribution in [3.05, 3.63) is 12.2 Å². The molecular weight excluding hydrogens is 274 g/mol. The average molecular weight is 305 g/mol. The monoisotopic (exact) mass is 305 g/mol. The third kappa shape index (κ3) is 3.92. The maximum absolute atomic E-state index is 12.4. The molecule has 0 heterocycles. The molecule has 2 saturated carbocycles. The van der Waals surface area contributed by atoms with E-state index < -0.39 is 0 Å². The van der Waals surface area contributed by atoms with E-state index in [1.54, 1.807) is 0 Å². The van der Waals surface area contributed by atoms with Gasteiger partial charge in [0, 0.05) is 6.04 Å². The first-order chi connectivity index (χ1) is 10.6. The third-order valence-corrected chi connectivity index (χ3v) is 5.85. The summed E-state index contributed by atoms with van der Waals surface area (Å²) >= 11 is 0. The van der Waals surface area contributed by atoms with Crippen LogP contribution in [-0.2, 0) is 9.53 Å². The van der Waals surface area contributed by atoms with Crippen molar-refractivity contribution in [3.63, 3.8) is 0 Å². The highest BCUT2D eigenvalue weighted by Gasteiger charge is 2.41. The Labute approximate surface area is 134 Å². The Hall–Kier alpha value is -0.830. The van der Waals surface area contributed by atoms with Crippen molar-refractivity contribution >= 4 is 5.97 Å². The summed E-state index contributed by atoms with van der Waals surface area (Å²) in [6.07, 6.45) is 14.9. The maximum atomic E-state index is 12.4. The van der Waals surface area contributed by atoms with Crippen LogP contribution in [0.1, 0.15) is 64.7 Å². The summed E-state index contributed by atoms with van der Waals surface area (Å²) in [5, 5.41) is 0. The molecule has 3 heteroatoms. The van der Waals surface area contributed by atoms with E-state index in [9.17, 15) is 4.79 Å². The quantitative estimate of drug-likeness (QED) is 0.634. The van der Waals surface area contributed by atoms with E-state index in [4.69, 9.17) is 10.5 Å². The molecule has 3 aliphatic carbocycles. The van der Waals surface area contributed by atoms with E-state index in [1.807, 2.05) is 0 Å². The van der Waals surface area contributed by atoms with Gasteiger partial charge in [0.2, 0.25) is 0 Å². The van der Waals surface area contributed by atoms with Gasteiger partial charge in [-0.2, -0.15) is 0 Å². The minimum atomic E-state index is 0.0783.